The highest BCUT2D eigenvalue weighted by Gasteiger charge is 2.50. The first-order valence-corrected chi connectivity index (χ1v) is 9.19. The van der Waals surface area contributed by atoms with Gasteiger partial charge in [0.2, 0.25) is 0 Å². The predicted molar refractivity (Wildman–Crippen MR) is 99.6 cm³/mol. The molecule has 0 saturated carbocycles. The summed E-state index contributed by atoms with van der Waals surface area (Å²) >= 11 is 0. The smallest absolute Gasteiger partial charge is 0.434 e. The Balaban J connectivity index is 2.10. The van der Waals surface area contributed by atoms with Crippen molar-refractivity contribution in [1.82, 2.24) is 10.4 Å². The Morgan fingerprint density at radius 2 is 1.85 bits per heavy atom. The van der Waals surface area contributed by atoms with E-state index in [9.17, 15) is 9.59 Å². The predicted octanol–water partition coefficient (Wildman–Crippen LogP) is 2.71. The minimum absolute atomic E-state index is 0.205. The highest BCUT2D eigenvalue weighted by atomic mass is 16.7. The van der Waals surface area contributed by atoms with Crippen molar-refractivity contribution in [2.24, 2.45) is 0 Å². The summed E-state index contributed by atoms with van der Waals surface area (Å²) in [4.78, 5) is 30.5. The van der Waals surface area contributed by atoms with Crippen LogP contribution in [-0.2, 0) is 19.1 Å². The summed E-state index contributed by atoms with van der Waals surface area (Å²) in [7, 11) is 1.62. The molecule has 0 atom stereocenters. The molecule has 1 aromatic rings. The Bertz CT molecular complexity index is 758. The van der Waals surface area contributed by atoms with Crippen LogP contribution in [0.25, 0.3) is 5.57 Å². The summed E-state index contributed by atoms with van der Waals surface area (Å²) in [5, 5.41) is 4.92. The second-order valence-electron chi connectivity index (χ2n) is 6.90. The van der Waals surface area contributed by atoms with Crippen molar-refractivity contribution in [2.45, 2.75) is 39.2 Å². The molecule has 3 rings (SSSR count). The summed E-state index contributed by atoms with van der Waals surface area (Å²) in [6.07, 6.45) is 0.368. The number of rotatable bonds is 4. The van der Waals surface area contributed by atoms with Crippen LogP contribution in [0, 0.1) is 13.8 Å². The fourth-order valence-corrected chi connectivity index (χ4v) is 3.90. The Labute approximate surface area is 159 Å². The molecule has 7 nitrogen and oxygen atoms in total. The van der Waals surface area contributed by atoms with Gasteiger partial charge in [0.1, 0.15) is 5.54 Å². The van der Waals surface area contributed by atoms with Gasteiger partial charge in [0.15, 0.2) is 5.76 Å². The van der Waals surface area contributed by atoms with Gasteiger partial charge >= 0.3 is 6.16 Å². The number of hydrogen-bond acceptors (Lipinski definition) is 6. The lowest BCUT2D eigenvalue weighted by Gasteiger charge is -2.38. The normalized spacial score (nSPS) is 19.3. The number of hydrogen-bond donors (Lipinski definition) is 1. The van der Waals surface area contributed by atoms with Crippen LogP contribution < -0.4 is 5.32 Å². The minimum atomic E-state index is -0.790. The molecule has 0 radical (unpaired) electrons. The lowest BCUT2D eigenvalue weighted by Crippen LogP contribution is -2.53. The molecular formula is C20H26N2O5. The monoisotopic (exact) mass is 374 g/mol. The van der Waals surface area contributed by atoms with Crippen LogP contribution in [0.2, 0.25) is 0 Å². The Morgan fingerprint density at radius 1 is 1.22 bits per heavy atom. The molecule has 0 bridgehead atoms. The fraction of sp³-hybridized carbons (Fsp3) is 0.500. The molecule has 1 amide bonds. The first kappa shape index (κ1) is 19.4. The zero-order valence-corrected chi connectivity index (χ0v) is 16.3. The topological polar surface area (TPSA) is 77.1 Å². The first-order valence-electron chi connectivity index (χ1n) is 9.19. The van der Waals surface area contributed by atoms with E-state index in [4.69, 9.17) is 14.3 Å². The SMILES string of the molecule is CCOC(=O)OC1=C(c2c(C)cccc2C)C(=O)NC12CCN(OC)CC2. The molecule has 27 heavy (non-hydrogen) atoms. The molecule has 146 valence electrons. The maximum Gasteiger partial charge on any atom is 0.513 e. The van der Waals surface area contributed by atoms with Gasteiger partial charge in [-0.15, -0.1) is 0 Å². The first-order chi connectivity index (χ1) is 12.9. The number of aryl methyl sites for hydroxylation is 2. The summed E-state index contributed by atoms with van der Waals surface area (Å²) in [5.74, 6) is 0.136. The van der Waals surface area contributed by atoms with Gasteiger partial charge in [-0.1, -0.05) is 18.2 Å². The van der Waals surface area contributed by atoms with E-state index in [1.807, 2.05) is 37.1 Å². The highest BCUT2D eigenvalue weighted by Crippen LogP contribution is 2.42. The maximum absolute atomic E-state index is 13.0. The van der Waals surface area contributed by atoms with Crippen LogP contribution >= 0.6 is 0 Å². The average Bonchev–Trinajstić information content (AvgIpc) is 2.88. The number of nitrogens with one attached hydrogen (secondary N) is 1. The zero-order chi connectivity index (χ0) is 19.6. The van der Waals surface area contributed by atoms with Gasteiger partial charge in [0.05, 0.1) is 19.3 Å². The van der Waals surface area contributed by atoms with Crippen molar-refractivity contribution < 1.29 is 23.9 Å². The van der Waals surface area contributed by atoms with Crippen molar-refractivity contribution >= 4 is 17.6 Å². The highest BCUT2D eigenvalue weighted by molar-refractivity contribution is 6.24. The number of amides is 1. The Kier molecular flexibility index (Phi) is 5.53. The second-order valence-corrected chi connectivity index (χ2v) is 6.90. The maximum atomic E-state index is 13.0. The van der Waals surface area contributed by atoms with Crippen LogP contribution in [0.3, 0.4) is 0 Å². The number of piperidine rings is 1. The van der Waals surface area contributed by atoms with Crippen molar-refractivity contribution in [3.05, 3.63) is 40.6 Å². The molecule has 1 N–H and O–H groups in total. The molecule has 2 heterocycles. The van der Waals surface area contributed by atoms with Crippen LogP contribution in [0.4, 0.5) is 4.79 Å². The van der Waals surface area contributed by atoms with Crippen LogP contribution in [0.1, 0.15) is 36.5 Å². The van der Waals surface area contributed by atoms with E-state index in [0.29, 0.717) is 37.3 Å². The quantitative estimate of drug-likeness (QED) is 0.817. The number of carbonyl (C=O) groups excluding carboxylic acids is 2. The number of hydroxylamine groups is 2. The van der Waals surface area contributed by atoms with Crippen LogP contribution in [0.5, 0.6) is 0 Å². The Morgan fingerprint density at radius 3 is 2.41 bits per heavy atom. The third kappa shape index (κ3) is 3.57. The molecule has 1 saturated heterocycles. The second kappa shape index (κ2) is 7.70. The molecule has 2 aliphatic rings. The summed E-state index contributed by atoms with van der Waals surface area (Å²) in [6, 6.07) is 5.84. The lowest BCUT2D eigenvalue weighted by molar-refractivity contribution is -0.152. The number of ether oxygens (including phenoxy) is 2. The summed E-state index contributed by atoms with van der Waals surface area (Å²) < 4.78 is 10.6. The molecule has 7 heteroatoms. The van der Waals surface area contributed by atoms with Gasteiger partial charge in [-0.25, -0.2) is 4.79 Å². The Hall–Kier alpha value is -2.38. The van der Waals surface area contributed by atoms with Gasteiger partial charge in [-0.2, -0.15) is 5.06 Å². The molecule has 1 spiro atoms. The van der Waals surface area contributed by atoms with Crippen LogP contribution in [-0.4, -0.2) is 49.5 Å². The van der Waals surface area contributed by atoms with Gasteiger partial charge in [0, 0.05) is 13.1 Å². The van der Waals surface area contributed by atoms with Gasteiger partial charge in [0.25, 0.3) is 5.91 Å². The van der Waals surface area contributed by atoms with Gasteiger partial charge in [-0.05, 0) is 50.3 Å². The fourth-order valence-electron chi connectivity index (χ4n) is 3.90. The van der Waals surface area contributed by atoms with E-state index < -0.39 is 11.7 Å². The zero-order valence-electron chi connectivity index (χ0n) is 16.3. The van der Waals surface area contributed by atoms with Gasteiger partial charge in [-0.3, -0.25) is 4.79 Å². The van der Waals surface area contributed by atoms with Crippen molar-refractivity contribution in [3.8, 4) is 0 Å². The van der Waals surface area contributed by atoms with E-state index in [2.05, 4.69) is 5.32 Å². The molecule has 0 aromatic heterocycles. The van der Waals surface area contributed by atoms with Gasteiger partial charge < -0.3 is 19.6 Å². The molecule has 2 aliphatic heterocycles. The van der Waals surface area contributed by atoms with E-state index in [-0.39, 0.29) is 12.5 Å². The van der Waals surface area contributed by atoms with E-state index in [1.165, 1.54) is 0 Å². The van der Waals surface area contributed by atoms with Crippen LogP contribution in [0.15, 0.2) is 24.0 Å². The number of benzene rings is 1. The molecule has 0 aliphatic carbocycles. The van der Waals surface area contributed by atoms with E-state index in [0.717, 1.165) is 16.7 Å². The summed E-state index contributed by atoms with van der Waals surface area (Å²) in [5.41, 5.74) is 2.40. The third-order valence-corrected chi connectivity index (χ3v) is 5.25. The number of nitrogens with zero attached hydrogens (tertiary/aromatic N) is 1. The molecule has 1 fully saturated rings. The third-order valence-electron chi connectivity index (χ3n) is 5.25. The average molecular weight is 374 g/mol. The standard InChI is InChI=1S/C20H26N2O5/c1-5-26-19(24)27-17-16(15-13(2)7-6-8-14(15)3)18(23)21-20(17)9-11-22(25-4)12-10-20/h6-8H,5,9-12H2,1-4H3,(H,21,23). The molecule has 0 unspecified atom stereocenters. The van der Waals surface area contributed by atoms with Crippen molar-refractivity contribution in [1.29, 1.82) is 0 Å². The molecular weight excluding hydrogens is 348 g/mol. The largest absolute Gasteiger partial charge is 0.513 e. The van der Waals surface area contributed by atoms with Crippen molar-refractivity contribution in [2.75, 3.05) is 26.8 Å². The lowest BCUT2D eigenvalue weighted by atomic mass is 9.85. The van der Waals surface area contributed by atoms with E-state index >= 15 is 0 Å². The van der Waals surface area contributed by atoms with Crippen molar-refractivity contribution in [3.63, 3.8) is 0 Å². The number of carbonyl (C=O) groups is 2. The summed E-state index contributed by atoms with van der Waals surface area (Å²) in [6.45, 7) is 7.05. The minimum Gasteiger partial charge on any atom is -0.434 e. The van der Waals surface area contributed by atoms with E-state index in [1.54, 1.807) is 14.0 Å². The molecule has 1 aromatic carbocycles.